The van der Waals surface area contributed by atoms with E-state index in [1.165, 1.54) is 244 Å². The van der Waals surface area contributed by atoms with Crippen LogP contribution in [0, 0.1) is 0 Å². The third kappa shape index (κ3) is 70.5. The number of hydrogen-bond acceptors (Lipinski definition) is 15. The summed E-state index contributed by atoms with van der Waals surface area (Å²) in [6, 6.07) is 0. The Kier molecular flexibility index (Phi) is 70.0. The molecule has 0 bridgehead atoms. The molecule has 0 saturated heterocycles. The first-order valence-corrected chi connectivity index (χ1v) is 43.3. The van der Waals surface area contributed by atoms with E-state index in [4.69, 9.17) is 37.0 Å². The zero-order valence-corrected chi connectivity index (χ0v) is 64.1. The van der Waals surface area contributed by atoms with Crippen LogP contribution in [0.3, 0.4) is 0 Å². The van der Waals surface area contributed by atoms with E-state index in [-0.39, 0.29) is 25.7 Å². The lowest BCUT2D eigenvalue weighted by Gasteiger charge is -2.21. The molecule has 0 spiro atoms. The van der Waals surface area contributed by atoms with Crippen molar-refractivity contribution in [2.45, 2.75) is 431 Å². The molecule has 0 aliphatic carbocycles. The van der Waals surface area contributed by atoms with Crippen LogP contribution in [0.15, 0.2) is 0 Å². The van der Waals surface area contributed by atoms with Gasteiger partial charge in [0.1, 0.15) is 19.3 Å². The molecule has 5 atom stereocenters. The summed E-state index contributed by atoms with van der Waals surface area (Å²) in [6.07, 6.45) is 62.2. The second-order valence-electron chi connectivity index (χ2n) is 27.7. The third-order valence-electron chi connectivity index (χ3n) is 18.1. The zero-order valence-electron chi connectivity index (χ0n) is 62.4. The number of esters is 4. The van der Waals surface area contributed by atoms with Crippen LogP contribution in [0.1, 0.15) is 413 Å². The van der Waals surface area contributed by atoms with Crippen LogP contribution in [0.4, 0.5) is 0 Å². The van der Waals surface area contributed by atoms with Crippen LogP contribution in [-0.2, 0) is 65.4 Å². The molecule has 0 rings (SSSR count). The number of phosphoric acid groups is 2. The largest absolute Gasteiger partial charge is 0.472 e. The van der Waals surface area contributed by atoms with Gasteiger partial charge in [0.2, 0.25) is 0 Å². The van der Waals surface area contributed by atoms with Crippen LogP contribution in [0.5, 0.6) is 0 Å². The maximum absolute atomic E-state index is 13.1. The summed E-state index contributed by atoms with van der Waals surface area (Å²) in [7, 11) is -9.91. The normalized spacial score (nSPS) is 13.9. The molecule has 0 saturated carbocycles. The van der Waals surface area contributed by atoms with E-state index >= 15 is 0 Å². The van der Waals surface area contributed by atoms with E-state index in [9.17, 15) is 43.2 Å². The lowest BCUT2D eigenvalue weighted by Crippen LogP contribution is -2.30. The quantitative estimate of drug-likeness (QED) is 0.0222. The second-order valence-corrected chi connectivity index (χ2v) is 30.7. The Hall–Kier alpha value is -1.94. The summed E-state index contributed by atoms with van der Waals surface area (Å²) < 4.78 is 68.6. The van der Waals surface area contributed by atoms with E-state index in [2.05, 4.69) is 27.7 Å². The molecule has 19 heteroatoms. The van der Waals surface area contributed by atoms with Gasteiger partial charge in [-0.3, -0.25) is 37.3 Å². The minimum atomic E-state index is -4.96. The number of hydrogen-bond donors (Lipinski definition) is 3. The Bertz CT molecular complexity index is 1830. The fraction of sp³-hybridized carbons (Fsp3) is 0.948. The van der Waals surface area contributed by atoms with E-state index in [0.717, 1.165) is 89.9 Å². The van der Waals surface area contributed by atoms with Crippen LogP contribution < -0.4 is 0 Å². The molecular weight excluding hydrogens is 1260 g/mol. The summed E-state index contributed by atoms with van der Waals surface area (Å²) in [5.41, 5.74) is 0. The summed E-state index contributed by atoms with van der Waals surface area (Å²) in [6.45, 7) is 5.01. The predicted octanol–water partition coefficient (Wildman–Crippen LogP) is 23.0. The number of rotatable bonds is 78. The molecule has 0 aliphatic rings. The molecule has 0 aromatic carbocycles. The topological polar surface area (TPSA) is 237 Å². The molecule has 0 aromatic rings. The van der Waals surface area contributed by atoms with Gasteiger partial charge in [-0.1, -0.05) is 362 Å². The van der Waals surface area contributed by atoms with E-state index in [1.54, 1.807) is 0 Å². The Balaban J connectivity index is 5.25. The van der Waals surface area contributed by atoms with Gasteiger partial charge in [-0.05, 0) is 25.7 Å². The van der Waals surface area contributed by atoms with E-state index < -0.39 is 97.5 Å². The average molecular weight is 1410 g/mol. The highest BCUT2D eigenvalue weighted by Crippen LogP contribution is 2.45. The van der Waals surface area contributed by atoms with Crippen LogP contribution in [0.2, 0.25) is 0 Å². The van der Waals surface area contributed by atoms with Crippen molar-refractivity contribution in [2.24, 2.45) is 0 Å². The number of phosphoric ester groups is 2. The Labute approximate surface area is 588 Å². The van der Waals surface area contributed by atoms with E-state index in [0.29, 0.717) is 25.7 Å². The average Bonchev–Trinajstić information content (AvgIpc) is 1.43. The molecular formula is C77H150O17P2. The number of unbranched alkanes of at least 4 members (excludes halogenated alkanes) is 52. The highest BCUT2D eigenvalue weighted by atomic mass is 31.2. The maximum atomic E-state index is 13.1. The van der Waals surface area contributed by atoms with Crippen molar-refractivity contribution in [1.29, 1.82) is 0 Å². The minimum absolute atomic E-state index is 0.109. The molecule has 17 nitrogen and oxygen atoms in total. The van der Waals surface area contributed by atoms with Crippen LogP contribution in [0.25, 0.3) is 0 Å². The summed E-state index contributed by atoms with van der Waals surface area (Å²) in [4.78, 5) is 72.9. The molecule has 0 amide bonds. The predicted molar refractivity (Wildman–Crippen MR) is 391 cm³/mol. The molecule has 0 heterocycles. The number of aliphatic hydroxyl groups excluding tert-OH is 1. The molecule has 0 aromatic heterocycles. The SMILES string of the molecule is CCCCCCCCCCCCCCCCCCCC(=O)O[C@H](COC(=O)CCCCCCCCCCCCCCCC)COP(=O)(O)OC[C@@H](O)COP(=O)(O)OC[C@@H](COC(=O)CCCCCCCCCCCCC)OC(=O)CCCCCCCCCCCCCCCC. The number of aliphatic hydroxyl groups is 1. The fourth-order valence-corrected chi connectivity index (χ4v) is 13.5. The molecule has 0 radical (unpaired) electrons. The summed E-state index contributed by atoms with van der Waals surface area (Å²) in [5.74, 6) is -2.11. The van der Waals surface area contributed by atoms with Gasteiger partial charge in [-0.25, -0.2) is 9.13 Å². The monoisotopic (exact) mass is 1410 g/mol. The number of carbonyl (C=O) groups is 4. The smallest absolute Gasteiger partial charge is 0.462 e. The highest BCUT2D eigenvalue weighted by Gasteiger charge is 2.30. The molecule has 2 unspecified atom stereocenters. The van der Waals surface area contributed by atoms with Gasteiger partial charge in [-0.15, -0.1) is 0 Å². The van der Waals surface area contributed by atoms with Gasteiger partial charge in [0.05, 0.1) is 26.4 Å². The molecule has 3 N–H and O–H groups in total. The zero-order chi connectivity index (χ0) is 70.4. The van der Waals surface area contributed by atoms with Crippen molar-refractivity contribution in [1.82, 2.24) is 0 Å². The molecule has 570 valence electrons. The lowest BCUT2D eigenvalue weighted by atomic mass is 10.0. The standard InChI is InChI=1S/C77H150O17P2/c1-5-9-13-17-21-25-29-32-35-36-37-40-44-48-52-56-60-64-77(82)94-73(68-88-75(80)62-58-54-50-46-42-38-33-30-26-22-18-14-10-6-2)70-92-96(85,86)90-66-71(78)65-89-95(83,84)91-69-72(67-87-74(79)61-57-53-49-45-41-28-24-20-16-12-8-4)93-76(81)63-59-55-51-47-43-39-34-31-27-23-19-15-11-7-3/h71-73,78H,5-70H2,1-4H3,(H,83,84)(H,85,86)/t71-,72+,73+/m0/s1. The number of carbonyl (C=O) groups excluding carboxylic acids is 4. The van der Waals surface area contributed by atoms with Gasteiger partial charge < -0.3 is 33.8 Å². The third-order valence-corrected chi connectivity index (χ3v) is 20.0. The maximum Gasteiger partial charge on any atom is 0.472 e. The lowest BCUT2D eigenvalue weighted by molar-refractivity contribution is -0.161. The van der Waals surface area contributed by atoms with Crippen molar-refractivity contribution in [3.8, 4) is 0 Å². The van der Waals surface area contributed by atoms with Crippen molar-refractivity contribution in [2.75, 3.05) is 39.6 Å². The van der Waals surface area contributed by atoms with Gasteiger partial charge in [0.15, 0.2) is 12.2 Å². The van der Waals surface area contributed by atoms with Crippen LogP contribution in [-0.4, -0.2) is 96.7 Å². The Morgan fingerprint density at radius 1 is 0.250 bits per heavy atom. The van der Waals surface area contributed by atoms with Crippen molar-refractivity contribution in [3.63, 3.8) is 0 Å². The fourth-order valence-electron chi connectivity index (χ4n) is 11.9. The van der Waals surface area contributed by atoms with Crippen LogP contribution >= 0.6 is 15.6 Å². The van der Waals surface area contributed by atoms with Gasteiger partial charge in [0.25, 0.3) is 0 Å². The summed E-state index contributed by atoms with van der Waals surface area (Å²) in [5, 5.41) is 10.6. The highest BCUT2D eigenvalue weighted by molar-refractivity contribution is 7.47. The number of ether oxygens (including phenoxy) is 4. The van der Waals surface area contributed by atoms with Crippen molar-refractivity contribution < 1.29 is 80.2 Å². The van der Waals surface area contributed by atoms with Crippen molar-refractivity contribution in [3.05, 3.63) is 0 Å². The van der Waals surface area contributed by atoms with Gasteiger partial charge in [-0.2, -0.15) is 0 Å². The first-order chi connectivity index (χ1) is 46.7. The second kappa shape index (κ2) is 71.5. The first kappa shape index (κ1) is 94.1. The van der Waals surface area contributed by atoms with Gasteiger partial charge >= 0.3 is 39.5 Å². The van der Waals surface area contributed by atoms with Gasteiger partial charge in [0, 0.05) is 25.7 Å². The Morgan fingerprint density at radius 2 is 0.417 bits per heavy atom. The van der Waals surface area contributed by atoms with E-state index in [1.807, 2.05) is 0 Å². The Morgan fingerprint density at radius 3 is 0.615 bits per heavy atom. The molecule has 96 heavy (non-hydrogen) atoms. The minimum Gasteiger partial charge on any atom is -0.462 e. The van der Waals surface area contributed by atoms with Crippen molar-refractivity contribution >= 4 is 39.5 Å². The molecule has 0 aliphatic heterocycles. The summed E-state index contributed by atoms with van der Waals surface area (Å²) >= 11 is 0. The first-order valence-electron chi connectivity index (χ1n) is 40.3. The molecule has 0 fully saturated rings.